The summed E-state index contributed by atoms with van der Waals surface area (Å²) in [5.74, 6) is 0.562. The monoisotopic (exact) mass is 403 g/mol. The van der Waals surface area contributed by atoms with E-state index in [-0.39, 0.29) is 5.91 Å². The van der Waals surface area contributed by atoms with Crippen LogP contribution in [0, 0.1) is 5.92 Å². The molecule has 3 aromatic heterocycles. The normalized spacial score (nSPS) is 14.9. The maximum Gasteiger partial charge on any atom is 0.276 e. The Balaban J connectivity index is 1.25. The Morgan fingerprint density at radius 2 is 2.07 bits per heavy atom. The van der Waals surface area contributed by atoms with Crippen LogP contribution < -0.4 is 5.32 Å². The van der Waals surface area contributed by atoms with Crippen LogP contribution >= 0.6 is 0 Å². The number of carbonyl (C=O) groups is 1. The van der Waals surface area contributed by atoms with Crippen LogP contribution in [0.15, 0.2) is 43.0 Å². The van der Waals surface area contributed by atoms with Gasteiger partial charge in [-0.1, -0.05) is 38.2 Å². The van der Waals surface area contributed by atoms with Gasteiger partial charge in [0.25, 0.3) is 5.91 Å². The molecule has 3 N–H and O–H groups in total. The van der Waals surface area contributed by atoms with E-state index in [1.54, 1.807) is 12.4 Å². The predicted molar refractivity (Wildman–Crippen MR) is 115 cm³/mol. The number of benzene rings is 1. The second-order valence-corrected chi connectivity index (χ2v) is 8.06. The topological polar surface area (TPSA) is 104 Å². The number of aryl methyl sites for hydroxylation is 1. The van der Waals surface area contributed by atoms with Crippen LogP contribution in [0.1, 0.15) is 49.0 Å². The van der Waals surface area contributed by atoms with Crippen molar-refractivity contribution in [2.24, 2.45) is 5.92 Å². The Labute approximate surface area is 174 Å². The fraction of sp³-hybridized carbons (Fsp3) is 0.364. The van der Waals surface area contributed by atoms with Gasteiger partial charge < -0.3 is 5.32 Å². The fourth-order valence-corrected chi connectivity index (χ4v) is 4.31. The molecule has 0 spiro atoms. The number of fused-ring (bicyclic) bond motifs is 1. The minimum atomic E-state index is -0.246. The third kappa shape index (κ3) is 3.85. The van der Waals surface area contributed by atoms with Gasteiger partial charge in [0.2, 0.25) is 0 Å². The number of carbonyl (C=O) groups excluding carboxylic acids is 1. The van der Waals surface area contributed by atoms with E-state index >= 15 is 0 Å². The summed E-state index contributed by atoms with van der Waals surface area (Å²) in [5.41, 5.74) is 3.86. The van der Waals surface area contributed by atoms with Crippen LogP contribution in [0.2, 0.25) is 0 Å². The standard InChI is InChI=1S/C22H25N7O/c30-22(26-18-13-25-29(14-18)9-8-15-4-2-1-3-5-15)21-19-7-6-16(10-20(19)27-28-21)17-11-23-24-12-17/h6-7,10-15H,1-5,8-9H2,(H,23,24)(H,26,30)(H,27,28). The van der Waals surface area contributed by atoms with E-state index in [9.17, 15) is 4.79 Å². The van der Waals surface area contributed by atoms with Crippen molar-refractivity contribution in [2.75, 3.05) is 5.32 Å². The third-order valence-corrected chi connectivity index (χ3v) is 5.99. The average Bonchev–Trinajstić information content (AvgIpc) is 3.53. The average molecular weight is 403 g/mol. The molecule has 3 heterocycles. The Morgan fingerprint density at radius 3 is 2.90 bits per heavy atom. The Bertz CT molecular complexity index is 1140. The molecule has 8 nitrogen and oxygen atoms in total. The molecule has 1 aliphatic carbocycles. The van der Waals surface area contributed by atoms with Crippen LogP contribution in [0.5, 0.6) is 0 Å². The first kappa shape index (κ1) is 18.6. The highest BCUT2D eigenvalue weighted by molar-refractivity contribution is 6.11. The van der Waals surface area contributed by atoms with Crippen LogP contribution in [0.3, 0.4) is 0 Å². The molecule has 4 aromatic rings. The van der Waals surface area contributed by atoms with Gasteiger partial charge in [-0.25, -0.2) is 0 Å². The molecule has 5 rings (SSSR count). The van der Waals surface area contributed by atoms with Crippen molar-refractivity contribution in [1.29, 1.82) is 0 Å². The third-order valence-electron chi connectivity index (χ3n) is 5.99. The lowest BCUT2D eigenvalue weighted by molar-refractivity contribution is 0.102. The summed E-state index contributed by atoms with van der Waals surface area (Å²) in [5, 5.41) is 22.1. The first-order valence-electron chi connectivity index (χ1n) is 10.6. The molecule has 1 aromatic carbocycles. The van der Waals surface area contributed by atoms with Crippen LogP contribution in [-0.2, 0) is 6.54 Å². The van der Waals surface area contributed by atoms with Crippen molar-refractivity contribution < 1.29 is 4.79 Å². The largest absolute Gasteiger partial charge is 0.318 e. The molecular weight excluding hydrogens is 378 g/mol. The SMILES string of the molecule is O=C(Nc1cnn(CCC2CCCCC2)c1)c1n[nH]c2cc(-c3cn[nH]c3)ccc12. The summed E-state index contributed by atoms with van der Waals surface area (Å²) in [4.78, 5) is 12.8. The van der Waals surface area contributed by atoms with Crippen molar-refractivity contribution >= 4 is 22.5 Å². The van der Waals surface area contributed by atoms with Crippen molar-refractivity contribution in [3.05, 3.63) is 48.7 Å². The molecule has 0 unspecified atom stereocenters. The van der Waals surface area contributed by atoms with E-state index in [0.717, 1.165) is 40.9 Å². The zero-order valence-corrected chi connectivity index (χ0v) is 16.8. The number of nitrogens with zero attached hydrogens (tertiary/aromatic N) is 4. The molecule has 1 aliphatic rings. The van der Waals surface area contributed by atoms with Crippen molar-refractivity contribution in [1.82, 2.24) is 30.2 Å². The summed E-state index contributed by atoms with van der Waals surface area (Å²) < 4.78 is 1.92. The highest BCUT2D eigenvalue weighted by Gasteiger charge is 2.17. The minimum absolute atomic E-state index is 0.246. The van der Waals surface area contributed by atoms with E-state index < -0.39 is 0 Å². The highest BCUT2D eigenvalue weighted by atomic mass is 16.2. The molecule has 0 bridgehead atoms. The van der Waals surface area contributed by atoms with Gasteiger partial charge in [-0.2, -0.15) is 15.3 Å². The first-order valence-corrected chi connectivity index (χ1v) is 10.6. The molecule has 0 atom stereocenters. The number of amides is 1. The molecule has 1 amide bonds. The lowest BCUT2D eigenvalue weighted by Crippen LogP contribution is -2.12. The smallest absolute Gasteiger partial charge is 0.276 e. The number of aromatic amines is 2. The van der Waals surface area contributed by atoms with Crippen LogP contribution in [0.4, 0.5) is 5.69 Å². The first-order chi connectivity index (χ1) is 14.8. The minimum Gasteiger partial charge on any atom is -0.318 e. The molecule has 0 radical (unpaired) electrons. The maximum absolute atomic E-state index is 12.8. The predicted octanol–water partition coefficient (Wildman–Crippen LogP) is 4.37. The van der Waals surface area contributed by atoms with E-state index in [1.165, 1.54) is 32.1 Å². The lowest BCUT2D eigenvalue weighted by atomic mass is 9.87. The fourth-order valence-electron chi connectivity index (χ4n) is 4.31. The van der Waals surface area contributed by atoms with E-state index in [1.807, 2.05) is 35.3 Å². The van der Waals surface area contributed by atoms with Crippen LogP contribution in [0.25, 0.3) is 22.0 Å². The molecule has 0 saturated heterocycles. The number of anilines is 1. The van der Waals surface area contributed by atoms with Crippen molar-refractivity contribution in [3.63, 3.8) is 0 Å². The lowest BCUT2D eigenvalue weighted by Gasteiger charge is -2.21. The Morgan fingerprint density at radius 1 is 1.17 bits per heavy atom. The van der Waals surface area contributed by atoms with Gasteiger partial charge in [0, 0.05) is 29.9 Å². The van der Waals surface area contributed by atoms with E-state index in [0.29, 0.717) is 11.4 Å². The molecule has 30 heavy (non-hydrogen) atoms. The van der Waals surface area contributed by atoms with Gasteiger partial charge in [0.15, 0.2) is 5.69 Å². The number of hydrogen-bond acceptors (Lipinski definition) is 4. The van der Waals surface area contributed by atoms with E-state index in [4.69, 9.17) is 0 Å². The second-order valence-electron chi connectivity index (χ2n) is 8.06. The molecule has 1 saturated carbocycles. The summed E-state index contributed by atoms with van der Waals surface area (Å²) >= 11 is 0. The Kier molecular flexibility index (Phi) is 5.04. The summed E-state index contributed by atoms with van der Waals surface area (Å²) in [6.07, 6.45) is 15.1. The number of nitrogens with one attached hydrogen (secondary N) is 3. The van der Waals surface area contributed by atoms with E-state index in [2.05, 4.69) is 30.8 Å². The summed E-state index contributed by atoms with van der Waals surface area (Å²) in [7, 11) is 0. The molecular formula is C22H25N7O. The van der Waals surface area contributed by atoms with Gasteiger partial charge in [0.05, 0.1) is 23.6 Å². The molecule has 1 fully saturated rings. The van der Waals surface area contributed by atoms with Gasteiger partial charge in [-0.05, 0) is 30.0 Å². The zero-order chi connectivity index (χ0) is 20.3. The maximum atomic E-state index is 12.8. The van der Waals surface area contributed by atoms with Gasteiger partial charge in [0.1, 0.15) is 0 Å². The highest BCUT2D eigenvalue weighted by Crippen LogP contribution is 2.27. The van der Waals surface area contributed by atoms with Gasteiger partial charge in [-0.15, -0.1) is 0 Å². The van der Waals surface area contributed by atoms with Crippen molar-refractivity contribution in [3.8, 4) is 11.1 Å². The summed E-state index contributed by atoms with van der Waals surface area (Å²) in [6, 6.07) is 5.83. The van der Waals surface area contributed by atoms with Crippen LogP contribution in [-0.4, -0.2) is 36.1 Å². The second kappa shape index (κ2) is 8.14. The Hall–Kier alpha value is -3.42. The number of rotatable bonds is 6. The quantitative estimate of drug-likeness (QED) is 0.444. The number of H-pyrrole nitrogens is 2. The van der Waals surface area contributed by atoms with Gasteiger partial charge in [-0.3, -0.25) is 19.7 Å². The van der Waals surface area contributed by atoms with Crippen molar-refractivity contribution in [2.45, 2.75) is 45.1 Å². The number of aromatic nitrogens is 6. The number of hydrogen-bond donors (Lipinski definition) is 3. The van der Waals surface area contributed by atoms with Gasteiger partial charge >= 0.3 is 0 Å². The summed E-state index contributed by atoms with van der Waals surface area (Å²) in [6.45, 7) is 0.892. The zero-order valence-electron chi connectivity index (χ0n) is 16.8. The molecule has 154 valence electrons. The molecule has 0 aliphatic heterocycles. The molecule has 8 heteroatoms.